The summed E-state index contributed by atoms with van der Waals surface area (Å²) in [4.78, 5) is 11.7. The smallest absolute Gasteiger partial charge is 0.189 e. The summed E-state index contributed by atoms with van der Waals surface area (Å²) in [6.45, 7) is 1.75. The number of rotatable bonds is 4. The van der Waals surface area contributed by atoms with Gasteiger partial charge in [0, 0.05) is 17.8 Å². The molecule has 0 bridgehead atoms. The Hall–Kier alpha value is -1.59. The van der Waals surface area contributed by atoms with Gasteiger partial charge in [0.1, 0.15) is 5.76 Å². The Bertz CT molecular complexity index is 530. The molecule has 1 aliphatic rings. The first-order valence-corrected chi connectivity index (χ1v) is 5.38. The van der Waals surface area contributed by atoms with Crippen LogP contribution in [0.1, 0.15) is 18.2 Å². The Morgan fingerprint density at radius 1 is 1.53 bits per heavy atom. The summed E-state index contributed by atoms with van der Waals surface area (Å²) in [5.74, 6) is 0.669. The Morgan fingerprint density at radius 3 is 2.82 bits per heavy atom. The molecule has 1 aliphatic carbocycles. The third-order valence-corrected chi connectivity index (χ3v) is 2.93. The number of fused-ring (bicyclic) bond motifs is 1. The lowest BCUT2D eigenvalue weighted by Gasteiger charge is -2.28. The molecule has 2 rings (SSSR count). The summed E-state index contributed by atoms with van der Waals surface area (Å²) < 4.78 is 6.94. The summed E-state index contributed by atoms with van der Waals surface area (Å²) in [7, 11) is 1.55. The van der Waals surface area contributed by atoms with Gasteiger partial charge in [-0.05, 0) is 6.92 Å². The van der Waals surface area contributed by atoms with Gasteiger partial charge in [-0.15, -0.1) is 0 Å². The lowest BCUT2D eigenvalue weighted by Crippen LogP contribution is -2.28. The molecule has 2 N–H and O–H groups in total. The third-order valence-electron chi connectivity index (χ3n) is 2.93. The fourth-order valence-electron chi connectivity index (χ4n) is 2.10. The Labute approximate surface area is 98.6 Å². The number of hydrogen-bond acceptors (Lipinski definition) is 4. The van der Waals surface area contributed by atoms with Crippen LogP contribution in [-0.4, -0.2) is 34.6 Å². The van der Waals surface area contributed by atoms with E-state index in [0.717, 1.165) is 5.57 Å². The molecule has 0 fully saturated rings. The van der Waals surface area contributed by atoms with Crippen molar-refractivity contribution in [2.24, 2.45) is 0 Å². The summed E-state index contributed by atoms with van der Waals surface area (Å²) >= 11 is 0. The van der Waals surface area contributed by atoms with Gasteiger partial charge < -0.3 is 19.5 Å². The van der Waals surface area contributed by atoms with Crippen LogP contribution in [-0.2, 0) is 11.3 Å². The van der Waals surface area contributed by atoms with Crippen molar-refractivity contribution >= 4 is 11.3 Å². The predicted octanol–water partition coefficient (Wildman–Crippen LogP) is 0.0495. The van der Waals surface area contributed by atoms with Gasteiger partial charge in [0.15, 0.2) is 5.43 Å². The number of hydrogen-bond donors (Lipinski definition) is 2. The van der Waals surface area contributed by atoms with Gasteiger partial charge in [-0.1, -0.05) is 0 Å². The molecular formula is C12H15NO4. The molecule has 0 saturated heterocycles. The number of aliphatic hydroxyl groups excluding tert-OH is 2. The second-order valence-electron chi connectivity index (χ2n) is 4.05. The summed E-state index contributed by atoms with van der Waals surface area (Å²) in [6, 6.07) is 1.46. The maximum absolute atomic E-state index is 11.7. The van der Waals surface area contributed by atoms with E-state index in [1.807, 2.05) is 6.92 Å². The van der Waals surface area contributed by atoms with E-state index in [0.29, 0.717) is 17.0 Å². The molecular weight excluding hydrogens is 222 g/mol. The second kappa shape index (κ2) is 4.35. The number of aliphatic hydroxyl groups is 2. The molecule has 1 aromatic rings. The quantitative estimate of drug-likeness (QED) is 0.776. The minimum absolute atomic E-state index is 0.0481. The third kappa shape index (κ3) is 1.77. The molecule has 0 aliphatic heterocycles. The van der Waals surface area contributed by atoms with Crippen molar-refractivity contribution in [3.05, 3.63) is 33.7 Å². The maximum atomic E-state index is 11.7. The molecule has 0 aromatic carbocycles. The van der Waals surface area contributed by atoms with Gasteiger partial charge in [-0.3, -0.25) is 4.79 Å². The number of pyridine rings is 1. The first kappa shape index (κ1) is 11.9. The van der Waals surface area contributed by atoms with E-state index in [2.05, 4.69) is 0 Å². The molecule has 1 unspecified atom stereocenters. The number of aromatic nitrogens is 1. The lowest BCUT2D eigenvalue weighted by molar-refractivity contribution is 0.0805. The molecule has 1 aromatic heterocycles. The molecule has 5 nitrogen and oxygen atoms in total. The zero-order valence-corrected chi connectivity index (χ0v) is 9.80. The van der Waals surface area contributed by atoms with Gasteiger partial charge in [0.2, 0.25) is 0 Å². The molecule has 1 atom stereocenters. The van der Waals surface area contributed by atoms with E-state index >= 15 is 0 Å². The van der Waals surface area contributed by atoms with E-state index in [1.54, 1.807) is 17.9 Å². The predicted molar refractivity (Wildman–Crippen MR) is 63.3 cm³/mol. The van der Waals surface area contributed by atoms with Crippen LogP contribution in [0.3, 0.4) is 0 Å². The van der Waals surface area contributed by atoms with Gasteiger partial charge in [-0.2, -0.15) is 0 Å². The van der Waals surface area contributed by atoms with Crippen LogP contribution in [0.5, 0.6) is 0 Å². The van der Waals surface area contributed by atoms with Crippen LogP contribution in [0.15, 0.2) is 17.1 Å². The van der Waals surface area contributed by atoms with E-state index < -0.39 is 6.10 Å². The van der Waals surface area contributed by atoms with Crippen molar-refractivity contribution in [2.75, 3.05) is 13.7 Å². The molecule has 0 spiro atoms. The highest BCUT2D eigenvalue weighted by molar-refractivity contribution is 5.98. The zero-order valence-electron chi connectivity index (χ0n) is 9.80. The SMILES string of the molecule is COC1=C(C)c2c1n(CC(O)CO)ccc2=O. The molecule has 0 saturated carbocycles. The minimum Gasteiger partial charge on any atom is -0.494 e. The molecule has 92 valence electrons. The van der Waals surface area contributed by atoms with Crippen molar-refractivity contribution in [3.8, 4) is 0 Å². The van der Waals surface area contributed by atoms with Crippen LogP contribution in [0.4, 0.5) is 0 Å². The first-order chi connectivity index (χ1) is 8.10. The van der Waals surface area contributed by atoms with Gasteiger partial charge >= 0.3 is 0 Å². The van der Waals surface area contributed by atoms with Crippen molar-refractivity contribution in [2.45, 2.75) is 19.6 Å². The fraction of sp³-hybridized carbons (Fsp3) is 0.417. The summed E-state index contributed by atoms with van der Waals surface area (Å²) in [6.07, 6.45) is 0.756. The number of ether oxygens (including phenoxy) is 1. The minimum atomic E-state index is -0.847. The van der Waals surface area contributed by atoms with Crippen LogP contribution >= 0.6 is 0 Å². The lowest BCUT2D eigenvalue weighted by atomic mass is 9.91. The molecule has 5 heteroatoms. The number of allylic oxidation sites excluding steroid dienone is 1. The maximum Gasteiger partial charge on any atom is 0.189 e. The highest BCUT2D eigenvalue weighted by atomic mass is 16.5. The van der Waals surface area contributed by atoms with E-state index in [1.165, 1.54) is 6.07 Å². The van der Waals surface area contributed by atoms with E-state index in [4.69, 9.17) is 9.84 Å². The second-order valence-corrected chi connectivity index (χ2v) is 4.05. The van der Waals surface area contributed by atoms with Crippen LogP contribution < -0.4 is 5.43 Å². The Balaban J connectivity index is 2.44. The monoisotopic (exact) mass is 237 g/mol. The average molecular weight is 237 g/mol. The average Bonchev–Trinajstić information content (AvgIpc) is 2.31. The van der Waals surface area contributed by atoms with Gasteiger partial charge in [-0.25, -0.2) is 0 Å². The van der Waals surface area contributed by atoms with Crippen LogP contribution in [0.2, 0.25) is 0 Å². The highest BCUT2D eigenvalue weighted by Crippen LogP contribution is 2.37. The number of methoxy groups -OCH3 is 1. The van der Waals surface area contributed by atoms with Gasteiger partial charge in [0.05, 0.1) is 37.6 Å². The Kier molecular flexibility index (Phi) is 3.04. The molecule has 17 heavy (non-hydrogen) atoms. The number of nitrogens with zero attached hydrogens (tertiary/aromatic N) is 1. The van der Waals surface area contributed by atoms with Crippen molar-refractivity contribution in [1.29, 1.82) is 0 Å². The Morgan fingerprint density at radius 2 is 2.24 bits per heavy atom. The molecule has 0 amide bonds. The summed E-state index contributed by atoms with van der Waals surface area (Å²) in [5.41, 5.74) is 2.12. The topological polar surface area (TPSA) is 71.7 Å². The van der Waals surface area contributed by atoms with Crippen molar-refractivity contribution in [1.82, 2.24) is 4.57 Å². The fourth-order valence-corrected chi connectivity index (χ4v) is 2.10. The summed E-state index contributed by atoms with van der Waals surface area (Å²) in [5, 5.41) is 18.3. The van der Waals surface area contributed by atoms with E-state index in [-0.39, 0.29) is 18.6 Å². The van der Waals surface area contributed by atoms with Gasteiger partial charge in [0.25, 0.3) is 0 Å². The van der Waals surface area contributed by atoms with Crippen LogP contribution in [0, 0.1) is 0 Å². The first-order valence-electron chi connectivity index (χ1n) is 5.38. The molecule has 1 heterocycles. The zero-order chi connectivity index (χ0) is 12.6. The highest BCUT2D eigenvalue weighted by Gasteiger charge is 2.29. The van der Waals surface area contributed by atoms with Crippen molar-refractivity contribution < 1.29 is 14.9 Å². The van der Waals surface area contributed by atoms with Crippen molar-refractivity contribution in [3.63, 3.8) is 0 Å². The largest absolute Gasteiger partial charge is 0.494 e. The van der Waals surface area contributed by atoms with Crippen LogP contribution in [0.25, 0.3) is 11.3 Å². The normalized spacial score (nSPS) is 15.3. The van der Waals surface area contributed by atoms with E-state index in [9.17, 15) is 9.90 Å². The standard InChI is InChI=1S/C12H15NO4/c1-7-10-9(16)3-4-13(5-8(15)6-14)11(10)12(7)17-2/h3-4,8,14-15H,5-6H2,1-2H3. The molecule has 0 radical (unpaired) electrons.